The first-order chi connectivity index (χ1) is 10.2. The molecule has 0 bridgehead atoms. The number of fused-ring (bicyclic) bond motifs is 1. The van der Waals surface area contributed by atoms with E-state index in [4.69, 9.17) is 0 Å². The highest BCUT2D eigenvalue weighted by molar-refractivity contribution is 5.73. The molecule has 21 heavy (non-hydrogen) atoms. The van der Waals surface area contributed by atoms with Gasteiger partial charge in [-0.05, 0) is 31.0 Å². The number of nitrogens with zero attached hydrogens (tertiary/aromatic N) is 2. The van der Waals surface area contributed by atoms with Crippen molar-refractivity contribution in [2.24, 2.45) is 5.92 Å². The van der Waals surface area contributed by atoms with Crippen LogP contribution in [0.15, 0.2) is 24.3 Å². The molecular formula is C18H31N3. The molecule has 1 aromatic rings. The first kappa shape index (κ1) is 16.2. The number of hydrogen-bond acceptors (Lipinski definition) is 3. The van der Waals surface area contributed by atoms with Crippen LogP contribution in [0.5, 0.6) is 0 Å². The van der Waals surface area contributed by atoms with E-state index in [9.17, 15) is 0 Å². The maximum atomic E-state index is 3.75. The molecule has 0 saturated carbocycles. The van der Waals surface area contributed by atoms with E-state index in [1.54, 1.807) is 0 Å². The Morgan fingerprint density at radius 2 is 1.86 bits per heavy atom. The molecule has 0 aromatic heterocycles. The highest BCUT2D eigenvalue weighted by Crippen LogP contribution is 2.32. The van der Waals surface area contributed by atoms with Gasteiger partial charge in [0.05, 0.1) is 11.4 Å². The topological polar surface area (TPSA) is 18.5 Å². The van der Waals surface area contributed by atoms with Crippen LogP contribution in [-0.4, -0.2) is 39.3 Å². The van der Waals surface area contributed by atoms with Gasteiger partial charge in [-0.25, -0.2) is 0 Å². The van der Waals surface area contributed by atoms with Crippen LogP contribution in [0.25, 0.3) is 0 Å². The summed E-state index contributed by atoms with van der Waals surface area (Å²) in [5.74, 6) is 0.711. The summed E-state index contributed by atoms with van der Waals surface area (Å²) in [6.45, 7) is 11.4. The molecule has 3 heteroatoms. The Kier molecular flexibility index (Phi) is 5.92. The minimum absolute atomic E-state index is 0.575. The maximum absolute atomic E-state index is 3.75. The predicted octanol–water partition coefficient (Wildman–Crippen LogP) is 3.36. The van der Waals surface area contributed by atoms with Gasteiger partial charge in [-0.2, -0.15) is 0 Å². The van der Waals surface area contributed by atoms with E-state index in [1.807, 2.05) is 0 Å². The van der Waals surface area contributed by atoms with Crippen LogP contribution in [0.3, 0.4) is 0 Å². The van der Waals surface area contributed by atoms with Crippen LogP contribution in [-0.2, 0) is 0 Å². The molecule has 2 unspecified atom stereocenters. The van der Waals surface area contributed by atoms with Gasteiger partial charge in [0.25, 0.3) is 0 Å². The highest BCUT2D eigenvalue weighted by atomic mass is 15.3. The fraction of sp³-hybridized carbons (Fsp3) is 0.667. The number of likely N-dealkylation sites (N-methyl/N-ethyl adjacent to an activating group) is 1. The quantitative estimate of drug-likeness (QED) is 0.830. The fourth-order valence-electron chi connectivity index (χ4n) is 3.05. The normalized spacial score (nSPS) is 17.5. The van der Waals surface area contributed by atoms with Crippen molar-refractivity contribution < 1.29 is 0 Å². The van der Waals surface area contributed by atoms with Gasteiger partial charge in [0.1, 0.15) is 0 Å². The number of hydrogen-bond donors (Lipinski definition) is 1. The molecule has 2 atom stereocenters. The Hall–Kier alpha value is -1.22. The van der Waals surface area contributed by atoms with Gasteiger partial charge < -0.3 is 15.1 Å². The van der Waals surface area contributed by atoms with Crippen molar-refractivity contribution in [1.82, 2.24) is 5.32 Å². The zero-order valence-corrected chi connectivity index (χ0v) is 14.1. The van der Waals surface area contributed by atoms with Gasteiger partial charge >= 0.3 is 0 Å². The number of para-hydroxylation sites is 2. The monoisotopic (exact) mass is 289 g/mol. The molecule has 0 fully saturated rings. The van der Waals surface area contributed by atoms with E-state index >= 15 is 0 Å². The Morgan fingerprint density at radius 3 is 2.52 bits per heavy atom. The largest absolute Gasteiger partial charge is 0.371 e. The molecule has 1 aliphatic heterocycles. The van der Waals surface area contributed by atoms with Gasteiger partial charge in [-0.3, -0.25) is 0 Å². The second-order valence-corrected chi connectivity index (χ2v) is 6.30. The molecule has 1 aliphatic rings. The summed E-state index contributed by atoms with van der Waals surface area (Å²) in [5.41, 5.74) is 2.75. The first-order valence-corrected chi connectivity index (χ1v) is 8.45. The second kappa shape index (κ2) is 7.69. The molecule has 1 N–H and O–H groups in total. The molecular weight excluding hydrogens is 258 g/mol. The summed E-state index contributed by atoms with van der Waals surface area (Å²) in [4.78, 5) is 4.93. The summed E-state index contributed by atoms with van der Waals surface area (Å²) in [7, 11) is 2.19. The summed E-state index contributed by atoms with van der Waals surface area (Å²) in [6, 6.07) is 9.37. The van der Waals surface area contributed by atoms with Crippen LogP contribution >= 0.6 is 0 Å². The molecule has 1 aromatic carbocycles. The predicted molar refractivity (Wildman–Crippen MR) is 93.5 cm³/mol. The third kappa shape index (κ3) is 3.91. The van der Waals surface area contributed by atoms with Crippen molar-refractivity contribution in [2.75, 3.05) is 43.0 Å². The smallest absolute Gasteiger partial charge is 0.0605 e. The zero-order chi connectivity index (χ0) is 15.2. The van der Waals surface area contributed by atoms with Crippen molar-refractivity contribution in [3.8, 4) is 0 Å². The van der Waals surface area contributed by atoms with Crippen LogP contribution in [0.4, 0.5) is 11.4 Å². The van der Waals surface area contributed by atoms with Gasteiger partial charge in [0, 0.05) is 32.7 Å². The lowest BCUT2D eigenvalue weighted by molar-refractivity contribution is 0.365. The Labute approximate surface area is 130 Å². The van der Waals surface area contributed by atoms with Crippen LogP contribution in [0.1, 0.15) is 33.6 Å². The second-order valence-electron chi connectivity index (χ2n) is 6.30. The Morgan fingerprint density at radius 1 is 1.14 bits per heavy atom. The third-order valence-corrected chi connectivity index (χ3v) is 4.74. The SMILES string of the molecule is CCCNC(CN1CCN(C)c2ccccc21)C(C)CC. The van der Waals surface area contributed by atoms with E-state index in [2.05, 4.69) is 67.2 Å². The Balaban J connectivity index is 2.12. The lowest BCUT2D eigenvalue weighted by Crippen LogP contribution is -2.49. The average molecular weight is 289 g/mol. The van der Waals surface area contributed by atoms with Gasteiger partial charge in [-0.1, -0.05) is 39.3 Å². The van der Waals surface area contributed by atoms with Crippen LogP contribution in [0.2, 0.25) is 0 Å². The molecule has 0 radical (unpaired) electrons. The van der Waals surface area contributed by atoms with Crippen molar-refractivity contribution >= 4 is 11.4 Å². The molecule has 0 saturated heterocycles. The summed E-state index contributed by atoms with van der Waals surface area (Å²) >= 11 is 0. The molecule has 118 valence electrons. The average Bonchev–Trinajstić information content (AvgIpc) is 2.53. The molecule has 2 rings (SSSR count). The van der Waals surface area contributed by atoms with E-state index in [0.29, 0.717) is 12.0 Å². The number of benzene rings is 1. The molecule has 0 aliphatic carbocycles. The van der Waals surface area contributed by atoms with E-state index in [-0.39, 0.29) is 0 Å². The van der Waals surface area contributed by atoms with Gasteiger partial charge in [0.15, 0.2) is 0 Å². The standard InChI is InChI=1S/C18H31N3/c1-5-11-19-16(15(3)6-2)14-21-13-12-20(4)17-9-7-8-10-18(17)21/h7-10,15-16,19H,5-6,11-14H2,1-4H3. The lowest BCUT2D eigenvalue weighted by Gasteiger charge is -2.40. The first-order valence-electron chi connectivity index (χ1n) is 8.45. The van der Waals surface area contributed by atoms with Crippen molar-refractivity contribution in [3.63, 3.8) is 0 Å². The zero-order valence-electron chi connectivity index (χ0n) is 14.1. The lowest BCUT2D eigenvalue weighted by atomic mass is 9.97. The molecule has 1 heterocycles. The van der Waals surface area contributed by atoms with Gasteiger partial charge in [0.2, 0.25) is 0 Å². The summed E-state index contributed by atoms with van der Waals surface area (Å²) in [6.07, 6.45) is 2.43. The van der Waals surface area contributed by atoms with Crippen LogP contribution < -0.4 is 15.1 Å². The van der Waals surface area contributed by atoms with Crippen molar-refractivity contribution in [2.45, 2.75) is 39.7 Å². The highest BCUT2D eigenvalue weighted by Gasteiger charge is 2.24. The van der Waals surface area contributed by atoms with Crippen LogP contribution in [0, 0.1) is 5.92 Å². The number of rotatable bonds is 7. The molecule has 0 spiro atoms. The number of anilines is 2. The van der Waals surface area contributed by atoms with E-state index < -0.39 is 0 Å². The van der Waals surface area contributed by atoms with Crippen molar-refractivity contribution in [3.05, 3.63) is 24.3 Å². The Bertz CT molecular complexity index is 432. The third-order valence-electron chi connectivity index (χ3n) is 4.74. The number of nitrogens with one attached hydrogen (secondary N) is 1. The summed E-state index contributed by atoms with van der Waals surface area (Å²) in [5, 5.41) is 3.75. The van der Waals surface area contributed by atoms with E-state index in [1.165, 1.54) is 24.2 Å². The minimum Gasteiger partial charge on any atom is -0.371 e. The van der Waals surface area contributed by atoms with Gasteiger partial charge in [-0.15, -0.1) is 0 Å². The van der Waals surface area contributed by atoms with E-state index in [0.717, 1.165) is 26.2 Å². The maximum Gasteiger partial charge on any atom is 0.0605 e. The molecule has 0 amide bonds. The molecule has 3 nitrogen and oxygen atoms in total. The minimum atomic E-state index is 0.575. The fourth-order valence-corrected chi connectivity index (χ4v) is 3.05. The van der Waals surface area contributed by atoms with Crippen molar-refractivity contribution in [1.29, 1.82) is 0 Å². The summed E-state index contributed by atoms with van der Waals surface area (Å²) < 4.78 is 0.